The van der Waals surface area contributed by atoms with Crippen LogP contribution in [-0.2, 0) is 4.79 Å². The minimum absolute atomic E-state index is 0.160. The van der Waals surface area contributed by atoms with Crippen LogP contribution in [0.1, 0.15) is 20.3 Å². The predicted molar refractivity (Wildman–Crippen MR) is 41.0 cm³/mol. The van der Waals surface area contributed by atoms with Crippen molar-refractivity contribution in [1.82, 2.24) is 5.32 Å². The number of rotatable bonds is 3. The third-order valence-electron chi connectivity index (χ3n) is 0.968. The average molecular weight is 127 g/mol. The highest BCUT2D eigenvalue weighted by atomic mass is 16.1. The lowest BCUT2D eigenvalue weighted by molar-refractivity contribution is -0.121. The first-order chi connectivity index (χ1) is 4.16. The molecule has 3 heteroatoms. The third kappa shape index (κ3) is 5.41. The molecule has 0 aromatic rings. The maximum absolute atomic E-state index is 10.7. The van der Waals surface area contributed by atoms with Gasteiger partial charge in [0.25, 0.3) is 0 Å². The van der Waals surface area contributed by atoms with E-state index < -0.39 is 0 Å². The molecule has 0 bridgehead atoms. The van der Waals surface area contributed by atoms with Crippen molar-refractivity contribution >= 4 is 13.8 Å². The SMILES string of the molecule is BCNC(=O)CC(C)C. The van der Waals surface area contributed by atoms with Crippen molar-refractivity contribution in [1.29, 1.82) is 0 Å². The van der Waals surface area contributed by atoms with Gasteiger partial charge in [-0.15, -0.1) is 0 Å². The fourth-order valence-corrected chi connectivity index (χ4v) is 0.640. The Bertz CT molecular complexity index is 93.1. The fraction of sp³-hybridized carbons (Fsp3) is 0.833. The lowest BCUT2D eigenvalue weighted by Gasteiger charge is -2.03. The molecule has 2 nitrogen and oxygen atoms in total. The van der Waals surface area contributed by atoms with Crippen LogP contribution < -0.4 is 5.32 Å². The molecule has 0 atom stereocenters. The van der Waals surface area contributed by atoms with Crippen LogP contribution in [0.3, 0.4) is 0 Å². The van der Waals surface area contributed by atoms with Gasteiger partial charge in [0, 0.05) is 6.42 Å². The van der Waals surface area contributed by atoms with E-state index in [4.69, 9.17) is 0 Å². The molecule has 0 rings (SSSR count). The lowest BCUT2D eigenvalue weighted by Crippen LogP contribution is -2.25. The van der Waals surface area contributed by atoms with Crippen LogP contribution in [0.2, 0.25) is 0 Å². The van der Waals surface area contributed by atoms with Gasteiger partial charge in [0.05, 0.1) is 0 Å². The van der Waals surface area contributed by atoms with Crippen molar-refractivity contribution in [2.24, 2.45) is 5.92 Å². The van der Waals surface area contributed by atoms with Crippen molar-refractivity contribution in [3.05, 3.63) is 0 Å². The van der Waals surface area contributed by atoms with E-state index in [0.29, 0.717) is 12.3 Å². The highest BCUT2D eigenvalue weighted by Gasteiger charge is 2.00. The molecule has 0 heterocycles. The maximum atomic E-state index is 10.7. The van der Waals surface area contributed by atoms with Gasteiger partial charge in [0.15, 0.2) is 0 Å². The van der Waals surface area contributed by atoms with Gasteiger partial charge in [-0.05, 0) is 12.4 Å². The molecule has 0 aliphatic carbocycles. The fourth-order valence-electron chi connectivity index (χ4n) is 0.640. The van der Waals surface area contributed by atoms with Crippen LogP contribution in [-0.4, -0.2) is 20.2 Å². The van der Waals surface area contributed by atoms with Crippen LogP contribution >= 0.6 is 0 Å². The number of hydrogen-bond donors (Lipinski definition) is 1. The van der Waals surface area contributed by atoms with Crippen molar-refractivity contribution in [2.75, 3.05) is 6.44 Å². The van der Waals surface area contributed by atoms with Crippen molar-refractivity contribution in [3.63, 3.8) is 0 Å². The van der Waals surface area contributed by atoms with E-state index in [9.17, 15) is 4.79 Å². The Hall–Kier alpha value is -0.465. The van der Waals surface area contributed by atoms with Gasteiger partial charge >= 0.3 is 0 Å². The Morgan fingerprint density at radius 1 is 1.67 bits per heavy atom. The van der Waals surface area contributed by atoms with Gasteiger partial charge in [-0.2, -0.15) is 0 Å². The molecule has 0 saturated heterocycles. The normalized spacial score (nSPS) is 9.67. The molecule has 0 aliphatic rings. The number of amides is 1. The Kier molecular flexibility index (Phi) is 4.19. The van der Waals surface area contributed by atoms with Gasteiger partial charge < -0.3 is 5.32 Å². The molecule has 0 aromatic carbocycles. The van der Waals surface area contributed by atoms with Gasteiger partial charge in [0.2, 0.25) is 5.91 Å². The predicted octanol–water partition coefficient (Wildman–Crippen LogP) is -0.261. The summed E-state index contributed by atoms with van der Waals surface area (Å²) in [5, 5.41) is 2.74. The first-order valence-corrected chi connectivity index (χ1v) is 3.43. The van der Waals surface area contributed by atoms with E-state index in [1.165, 1.54) is 0 Å². The molecule has 0 unspecified atom stereocenters. The Labute approximate surface area is 57.4 Å². The first-order valence-electron chi connectivity index (χ1n) is 3.43. The van der Waals surface area contributed by atoms with Crippen molar-refractivity contribution in [2.45, 2.75) is 20.3 Å². The largest absolute Gasteiger partial charge is 0.364 e. The first kappa shape index (κ1) is 8.53. The zero-order valence-corrected chi connectivity index (χ0v) is 6.40. The summed E-state index contributed by atoms with van der Waals surface area (Å²) in [5.41, 5.74) is 0. The molecule has 52 valence electrons. The number of carbonyl (C=O) groups is 1. The molecular weight excluding hydrogens is 113 g/mol. The Morgan fingerprint density at radius 3 is 2.56 bits per heavy atom. The zero-order valence-electron chi connectivity index (χ0n) is 6.40. The molecular formula is C6H14BNO. The van der Waals surface area contributed by atoms with Gasteiger partial charge in [-0.1, -0.05) is 13.8 Å². The van der Waals surface area contributed by atoms with Gasteiger partial charge in [-0.25, -0.2) is 0 Å². The van der Waals surface area contributed by atoms with E-state index in [0.717, 1.165) is 6.44 Å². The molecule has 0 radical (unpaired) electrons. The summed E-state index contributed by atoms with van der Waals surface area (Å²) in [6, 6.07) is 0. The topological polar surface area (TPSA) is 29.1 Å². The third-order valence-corrected chi connectivity index (χ3v) is 0.968. The summed E-state index contributed by atoms with van der Waals surface area (Å²) in [6.07, 6.45) is 1.39. The summed E-state index contributed by atoms with van der Waals surface area (Å²) in [6.45, 7) is 4.07. The van der Waals surface area contributed by atoms with Crippen LogP contribution in [0.5, 0.6) is 0 Å². The summed E-state index contributed by atoms with van der Waals surface area (Å²) in [5.74, 6) is 0.629. The summed E-state index contributed by atoms with van der Waals surface area (Å²) in [7, 11) is 1.93. The van der Waals surface area contributed by atoms with Crippen LogP contribution in [0, 0.1) is 5.92 Å². The Morgan fingerprint density at radius 2 is 2.22 bits per heavy atom. The van der Waals surface area contributed by atoms with E-state index in [1.54, 1.807) is 0 Å². The lowest BCUT2D eigenvalue weighted by atomic mass is 10.1. The van der Waals surface area contributed by atoms with E-state index in [2.05, 4.69) is 5.32 Å². The second-order valence-corrected chi connectivity index (χ2v) is 2.55. The number of carbonyl (C=O) groups excluding carboxylic acids is 1. The monoisotopic (exact) mass is 127 g/mol. The molecule has 1 N–H and O–H groups in total. The minimum atomic E-state index is 0.160. The summed E-state index contributed by atoms with van der Waals surface area (Å²) >= 11 is 0. The van der Waals surface area contributed by atoms with E-state index in [-0.39, 0.29) is 5.91 Å². The smallest absolute Gasteiger partial charge is 0.219 e. The quantitative estimate of drug-likeness (QED) is 0.520. The second-order valence-electron chi connectivity index (χ2n) is 2.55. The van der Waals surface area contributed by atoms with E-state index in [1.807, 2.05) is 21.7 Å². The highest BCUT2D eigenvalue weighted by molar-refractivity contribution is 6.10. The standard InChI is InChI=1S/C6H14BNO/c1-5(2)3-6(9)8-4-7/h5H,3-4,7H2,1-2H3,(H,8,9). The number of nitrogens with one attached hydrogen (secondary N) is 1. The molecule has 0 aliphatic heterocycles. The average Bonchev–Trinajstić information content (AvgIpc) is 1.63. The molecule has 0 saturated carbocycles. The molecule has 1 amide bonds. The summed E-state index contributed by atoms with van der Waals surface area (Å²) in [4.78, 5) is 10.7. The zero-order chi connectivity index (χ0) is 7.28. The van der Waals surface area contributed by atoms with Crippen molar-refractivity contribution in [3.8, 4) is 0 Å². The Balaban J connectivity index is 3.27. The van der Waals surface area contributed by atoms with Crippen LogP contribution in [0.25, 0.3) is 0 Å². The van der Waals surface area contributed by atoms with Crippen LogP contribution in [0.4, 0.5) is 0 Å². The maximum Gasteiger partial charge on any atom is 0.219 e. The minimum Gasteiger partial charge on any atom is -0.364 e. The molecule has 0 fully saturated rings. The second kappa shape index (κ2) is 4.42. The van der Waals surface area contributed by atoms with Gasteiger partial charge in [-0.3, -0.25) is 4.79 Å². The highest BCUT2D eigenvalue weighted by Crippen LogP contribution is 1.96. The summed E-state index contributed by atoms with van der Waals surface area (Å²) < 4.78 is 0. The molecule has 0 aromatic heterocycles. The van der Waals surface area contributed by atoms with Gasteiger partial charge in [0.1, 0.15) is 7.85 Å². The molecule has 9 heavy (non-hydrogen) atoms. The molecule has 0 spiro atoms. The number of hydrogen-bond acceptors (Lipinski definition) is 1. The van der Waals surface area contributed by atoms with Crippen LogP contribution in [0.15, 0.2) is 0 Å². The van der Waals surface area contributed by atoms with E-state index >= 15 is 0 Å². The van der Waals surface area contributed by atoms with Crippen molar-refractivity contribution < 1.29 is 4.79 Å².